The molecule has 62 heavy (non-hydrogen) atoms. The first kappa shape index (κ1) is 41.8. The van der Waals surface area contributed by atoms with Crippen molar-refractivity contribution in [1.29, 1.82) is 0 Å². The quantitative estimate of drug-likeness (QED) is 0.163. The van der Waals surface area contributed by atoms with Crippen LogP contribution in [-0.4, -0.2) is 119 Å². The Morgan fingerprint density at radius 2 is 1.60 bits per heavy atom. The highest BCUT2D eigenvalue weighted by molar-refractivity contribution is 7.90. The van der Waals surface area contributed by atoms with E-state index in [1.165, 1.54) is 12.1 Å². The molecule has 0 aliphatic carbocycles. The molecule has 15 nitrogen and oxygen atoms in total. The minimum Gasteiger partial charge on any atom is -0.368 e. The predicted molar refractivity (Wildman–Crippen MR) is 232 cm³/mol. The van der Waals surface area contributed by atoms with Crippen molar-refractivity contribution in [3.63, 3.8) is 0 Å². The fraction of sp³-hybridized carbons (Fsp3) is 0.395. The number of halogens is 3. The molecular formula is C43H46ClF2N11O4S. The Bertz CT molecular complexity index is 2530. The van der Waals surface area contributed by atoms with E-state index in [0.717, 1.165) is 80.0 Å². The number of benzene rings is 1. The minimum absolute atomic E-state index is 0.0120. The van der Waals surface area contributed by atoms with E-state index in [1.54, 1.807) is 41.6 Å². The number of nitrogens with zero attached hydrogens (tertiary/aromatic N) is 9. The van der Waals surface area contributed by atoms with Gasteiger partial charge in [-0.05, 0) is 79.6 Å². The predicted octanol–water partition coefficient (Wildman–Crippen LogP) is 5.44. The van der Waals surface area contributed by atoms with Crippen molar-refractivity contribution in [2.24, 2.45) is 5.92 Å². The maximum Gasteiger partial charge on any atom is 0.301 e. The zero-order chi connectivity index (χ0) is 43.0. The van der Waals surface area contributed by atoms with Crippen molar-refractivity contribution < 1.29 is 26.8 Å². The molecule has 0 radical (unpaired) electrons. The van der Waals surface area contributed by atoms with E-state index in [2.05, 4.69) is 34.7 Å². The van der Waals surface area contributed by atoms with Crippen LogP contribution in [0.25, 0.3) is 28.2 Å². The molecule has 19 heteroatoms. The van der Waals surface area contributed by atoms with Gasteiger partial charge in [0.15, 0.2) is 11.6 Å². The van der Waals surface area contributed by atoms with Gasteiger partial charge < -0.3 is 9.80 Å². The normalized spacial score (nSPS) is 20.8. The van der Waals surface area contributed by atoms with Gasteiger partial charge in [0.1, 0.15) is 17.7 Å². The maximum absolute atomic E-state index is 16.3. The summed E-state index contributed by atoms with van der Waals surface area (Å²) in [7, 11) is -4.24. The number of piperidine rings is 2. The number of hydrogen-bond donors (Lipinski definition) is 2. The van der Waals surface area contributed by atoms with Gasteiger partial charge >= 0.3 is 10.2 Å². The molecule has 4 aliphatic rings. The molecule has 4 aliphatic heterocycles. The number of amides is 2. The van der Waals surface area contributed by atoms with Crippen LogP contribution in [0.4, 0.5) is 26.0 Å². The van der Waals surface area contributed by atoms with Crippen LogP contribution in [-0.2, 0) is 19.8 Å². The van der Waals surface area contributed by atoms with E-state index in [1.807, 2.05) is 30.5 Å². The molecule has 0 unspecified atom stereocenters. The summed E-state index contributed by atoms with van der Waals surface area (Å²) < 4.78 is 61.1. The third-order valence-electron chi connectivity index (χ3n) is 12.2. The molecule has 5 aromatic rings. The van der Waals surface area contributed by atoms with Gasteiger partial charge in [0.05, 0.1) is 23.5 Å². The molecule has 0 spiro atoms. The molecule has 324 valence electrons. The zero-order valence-electron chi connectivity index (χ0n) is 33.8. The van der Waals surface area contributed by atoms with E-state index in [-0.39, 0.29) is 53.5 Å². The van der Waals surface area contributed by atoms with E-state index in [0.29, 0.717) is 41.4 Å². The summed E-state index contributed by atoms with van der Waals surface area (Å²) in [5.41, 5.74) is 2.90. The zero-order valence-corrected chi connectivity index (χ0v) is 35.4. The number of imide groups is 1. The number of carbonyl (C=O) groups is 2. The standard InChI is InChI=1S/C43H46ClF2N11O4S/c44-31-21-35(41(46)37(22-31)52-62(60,61)56-16-11-32(45)26-56)36-27-57(51-42(36)29-7-12-47-13-8-29)39-5-2-33(24-49-39)54-19-17-53(18-20-54)25-28-9-14-55(15-10-28)38-4-1-30(23-48-38)34-3-6-40(58)50-43(34)59/h1-2,4-5,7-8,12-13,21-24,27-28,32,34,52H,3,6,9-11,14-20,25-26H2,(H,50,58,59)/t32-,34-/m1/s1. The lowest BCUT2D eigenvalue weighted by Crippen LogP contribution is -2.49. The summed E-state index contributed by atoms with van der Waals surface area (Å²) in [5, 5.41) is 7.33. The van der Waals surface area contributed by atoms with E-state index < -0.39 is 22.2 Å². The molecule has 4 saturated heterocycles. The Balaban J connectivity index is 0.825. The first-order valence-corrected chi connectivity index (χ1v) is 22.7. The number of hydrogen-bond acceptors (Lipinski definition) is 11. The van der Waals surface area contributed by atoms with Crippen LogP contribution in [0, 0.1) is 11.7 Å². The highest BCUT2D eigenvalue weighted by Gasteiger charge is 2.33. The molecule has 2 amide bonds. The van der Waals surface area contributed by atoms with Gasteiger partial charge in [-0.2, -0.15) is 17.8 Å². The number of alkyl halides is 1. The Morgan fingerprint density at radius 3 is 2.27 bits per heavy atom. The first-order valence-electron chi connectivity index (χ1n) is 20.9. The monoisotopic (exact) mass is 885 g/mol. The van der Waals surface area contributed by atoms with Crippen molar-refractivity contribution in [1.82, 2.24) is 39.3 Å². The molecule has 0 saturated carbocycles. The molecule has 2 N–H and O–H groups in total. The number of aromatic nitrogens is 5. The SMILES string of the molecule is O=C1CC[C@H](c2ccc(N3CCC(CN4CCN(c5ccc(-n6cc(-c7cc(Cl)cc(NS(=O)(=O)N8CC[C@@H](F)C8)c7F)c(-c7ccncc7)n6)nc5)CC4)CC3)nc2)C(=O)N1. The lowest BCUT2D eigenvalue weighted by molar-refractivity contribution is -0.134. The highest BCUT2D eigenvalue weighted by atomic mass is 35.5. The Hall–Kier alpha value is -5.56. The van der Waals surface area contributed by atoms with Crippen molar-refractivity contribution >= 4 is 50.8 Å². The summed E-state index contributed by atoms with van der Waals surface area (Å²) in [6, 6.07) is 13.9. The largest absolute Gasteiger partial charge is 0.368 e. The van der Waals surface area contributed by atoms with E-state index in [4.69, 9.17) is 21.7 Å². The number of piperazine rings is 1. The highest BCUT2D eigenvalue weighted by Crippen LogP contribution is 2.38. The number of anilines is 3. The van der Waals surface area contributed by atoms with Crippen molar-refractivity contribution in [2.45, 2.75) is 44.2 Å². The van der Waals surface area contributed by atoms with Crippen LogP contribution < -0.4 is 19.8 Å². The Morgan fingerprint density at radius 1 is 0.839 bits per heavy atom. The van der Waals surface area contributed by atoms with Crippen molar-refractivity contribution in [2.75, 3.05) is 73.4 Å². The summed E-state index contributed by atoms with van der Waals surface area (Å²) in [6.45, 7) is 6.15. The molecule has 9 rings (SSSR count). The lowest BCUT2D eigenvalue weighted by Gasteiger charge is -2.39. The van der Waals surface area contributed by atoms with Crippen LogP contribution >= 0.6 is 11.6 Å². The van der Waals surface area contributed by atoms with Crippen LogP contribution in [0.3, 0.4) is 0 Å². The average Bonchev–Trinajstić information content (AvgIpc) is 3.94. The number of nitrogens with one attached hydrogen (secondary N) is 2. The van der Waals surface area contributed by atoms with Gasteiger partial charge in [-0.15, -0.1) is 0 Å². The maximum atomic E-state index is 16.3. The third-order valence-corrected chi connectivity index (χ3v) is 13.9. The molecule has 0 bridgehead atoms. The minimum atomic E-state index is -4.24. The van der Waals surface area contributed by atoms with E-state index >= 15 is 4.39 Å². The Labute approximate surface area is 363 Å². The fourth-order valence-corrected chi connectivity index (χ4v) is 10.3. The first-order chi connectivity index (χ1) is 30.0. The third kappa shape index (κ3) is 9.00. The number of carbonyl (C=O) groups excluding carboxylic acids is 2. The molecule has 8 heterocycles. The Kier molecular flexibility index (Phi) is 11.9. The lowest BCUT2D eigenvalue weighted by atomic mass is 9.91. The molecule has 1 aromatic carbocycles. The summed E-state index contributed by atoms with van der Waals surface area (Å²) in [6.07, 6.45) is 10.2. The summed E-state index contributed by atoms with van der Waals surface area (Å²) in [5.74, 6) is 0.351. The smallest absolute Gasteiger partial charge is 0.301 e. The average molecular weight is 886 g/mol. The summed E-state index contributed by atoms with van der Waals surface area (Å²) >= 11 is 6.46. The van der Waals surface area contributed by atoms with Crippen LogP contribution in [0.2, 0.25) is 5.02 Å². The van der Waals surface area contributed by atoms with E-state index in [9.17, 15) is 22.4 Å². The van der Waals surface area contributed by atoms with Gasteiger partial charge in [-0.1, -0.05) is 17.7 Å². The molecule has 4 fully saturated rings. The van der Waals surface area contributed by atoms with Crippen LogP contribution in [0.5, 0.6) is 0 Å². The molecule has 2 atom stereocenters. The van der Waals surface area contributed by atoms with Gasteiger partial charge in [0, 0.05) is 112 Å². The second-order valence-electron chi connectivity index (χ2n) is 16.3. The van der Waals surface area contributed by atoms with Crippen molar-refractivity contribution in [3.05, 3.63) is 95.9 Å². The van der Waals surface area contributed by atoms with Gasteiger partial charge in [0.2, 0.25) is 11.8 Å². The number of rotatable bonds is 11. The van der Waals surface area contributed by atoms with Gasteiger partial charge in [-0.25, -0.2) is 23.4 Å². The molecular weight excluding hydrogens is 840 g/mol. The van der Waals surface area contributed by atoms with Crippen LogP contribution in [0.15, 0.2) is 79.5 Å². The topological polar surface area (TPSA) is 162 Å². The van der Waals surface area contributed by atoms with Gasteiger partial charge in [-0.3, -0.25) is 29.5 Å². The second-order valence-corrected chi connectivity index (χ2v) is 18.4. The van der Waals surface area contributed by atoms with Crippen molar-refractivity contribution in [3.8, 4) is 28.2 Å². The molecule has 4 aromatic heterocycles. The fourth-order valence-electron chi connectivity index (χ4n) is 8.78. The second kappa shape index (κ2) is 17.7. The van der Waals surface area contributed by atoms with Gasteiger partial charge in [0.25, 0.3) is 0 Å². The number of pyridine rings is 3. The summed E-state index contributed by atoms with van der Waals surface area (Å²) in [4.78, 5) is 44.5. The van der Waals surface area contributed by atoms with Crippen LogP contribution in [0.1, 0.15) is 43.6 Å².